The van der Waals surface area contributed by atoms with Crippen LogP contribution in [-0.2, 0) is 0 Å². The predicted octanol–water partition coefficient (Wildman–Crippen LogP) is 3.80. The fourth-order valence-electron chi connectivity index (χ4n) is 2.68. The number of nitrogens with zero attached hydrogens (tertiary/aromatic N) is 1. The van der Waals surface area contributed by atoms with E-state index in [-0.39, 0.29) is 5.91 Å². The van der Waals surface area contributed by atoms with Crippen molar-refractivity contribution in [3.8, 4) is 0 Å². The second kappa shape index (κ2) is 6.04. The summed E-state index contributed by atoms with van der Waals surface area (Å²) >= 11 is 2.24. The Morgan fingerprint density at radius 1 is 1.44 bits per heavy atom. The van der Waals surface area contributed by atoms with Gasteiger partial charge in [0.05, 0.1) is 5.56 Å². The van der Waals surface area contributed by atoms with Gasteiger partial charge in [0, 0.05) is 16.7 Å². The van der Waals surface area contributed by atoms with Crippen LogP contribution in [0.1, 0.15) is 37.0 Å². The summed E-state index contributed by atoms with van der Waals surface area (Å²) in [6.07, 6.45) is 2.39. The fourth-order valence-corrected chi connectivity index (χ4v) is 3.30. The molecule has 0 saturated carbocycles. The number of likely N-dealkylation sites (tertiary alicyclic amines) is 1. The van der Waals surface area contributed by atoms with Gasteiger partial charge in [0.2, 0.25) is 0 Å². The molecule has 1 heterocycles. The zero-order chi connectivity index (χ0) is 13.1. The zero-order valence-corrected chi connectivity index (χ0v) is 13.2. The minimum Gasteiger partial charge on any atom is -0.338 e. The summed E-state index contributed by atoms with van der Waals surface area (Å²) in [5.74, 6) is 1.61. The van der Waals surface area contributed by atoms with Crippen molar-refractivity contribution in [2.24, 2.45) is 11.8 Å². The van der Waals surface area contributed by atoms with Crippen LogP contribution >= 0.6 is 22.6 Å². The van der Waals surface area contributed by atoms with Gasteiger partial charge in [-0.15, -0.1) is 0 Å². The minimum absolute atomic E-state index is 0.200. The molecule has 1 unspecified atom stereocenters. The van der Waals surface area contributed by atoms with E-state index in [0.717, 1.165) is 34.6 Å². The smallest absolute Gasteiger partial charge is 0.254 e. The van der Waals surface area contributed by atoms with E-state index in [1.54, 1.807) is 0 Å². The van der Waals surface area contributed by atoms with Crippen molar-refractivity contribution in [2.45, 2.75) is 26.7 Å². The van der Waals surface area contributed by atoms with Gasteiger partial charge in [-0.25, -0.2) is 0 Å². The maximum Gasteiger partial charge on any atom is 0.254 e. The predicted molar refractivity (Wildman–Crippen MR) is 82.6 cm³/mol. The molecular weight excluding hydrogens is 337 g/mol. The molecule has 0 bridgehead atoms. The van der Waals surface area contributed by atoms with Gasteiger partial charge >= 0.3 is 0 Å². The van der Waals surface area contributed by atoms with Gasteiger partial charge in [-0.3, -0.25) is 4.79 Å². The Balaban J connectivity index is 2.02. The highest BCUT2D eigenvalue weighted by Crippen LogP contribution is 2.25. The lowest BCUT2D eigenvalue weighted by Crippen LogP contribution is -2.29. The summed E-state index contributed by atoms with van der Waals surface area (Å²) in [6.45, 7) is 6.36. The number of hydrogen-bond donors (Lipinski definition) is 0. The van der Waals surface area contributed by atoms with Gasteiger partial charge in [-0.1, -0.05) is 26.0 Å². The summed E-state index contributed by atoms with van der Waals surface area (Å²) in [5.41, 5.74) is 0.850. The second-order valence-electron chi connectivity index (χ2n) is 5.52. The van der Waals surface area contributed by atoms with E-state index in [1.165, 1.54) is 6.42 Å². The first-order chi connectivity index (χ1) is 8.58. The maximum atomic E-state index is 12.4. The van der Waals surface area contributed by atoms with Gasteiger partial charge in [0.15, 0.2) is 0 Å². The Morgan fingerprint density at radius 3 is 2.83 bits per heavy atom. The summed E-state index contributed by atoms with van der Waals surface area (Å²) in [6, 6.07) is 7.84. The first kappa shape index (κ1) is 13.8. The molecule has 2 rings (SSSR count). The quantitative estimate of drug-likeness (QED) is 0.754. The molecule has 0 spiro atoms. The Bertz CT molecular complexity index is 430. The van der Waals surface area contributed by atoms with Gasteiger partial charge < -0.3 is 4.90 Å². The van der Waals surface area contributed by atoms with E-state index in [9.17, 15) is 4.79 Å². The third kappa shape index (κ3) is 3.25. The Morgan fingerprint density at radius 2 is 2.17 bits per heavy atom. The lowest BCUT2D eigenvalue weighted by atomic mass is 9.97. The second-order valence-corrected chi connectivity index (χ2v) is 6.68. The minimum atomic E-state index is 0.200. The third-order valence-corrected chi connectivity index (χ3v) is 4.42. The highest BCUT2D eigenvalue weighted by atomic mass is 127. The van der Waals surface area contributed by atoms with Crippen LogP contribution in [-0.4, -0.2) is 23.9 Å². The van der Waals surface area contributed by atoms with Crippen molar-refractivity contribution in [3.63, 3.8) is 0 Å². The van der Waals surface area contributed by atoms with Gasteiger partial charge in [0.1, 0.15) is 0 Å². The van der Waals surface area contributed by atoms with E-state index >= 15 is 0 Å². The summed E-state index contributed by atoms with van der Waals surface area (Å²) in [4.78, 5) is 14.4. The molecule has 1 aromatic rings. The summed E-state index contributed by atoms with van der Waals surface area (Å²) in [5, 5.41) is 0. The molecule has 1 aromatic carbocycles. The Kier molecular flexibility index (Phi) is 4.65. The van der Waals surface area contributed by atoms with Crippen LogP contribution < -0.4 is 0 Å². The highest BCUT2D eigenvalue weighted by molar-refractivity contribution is 14.1. The van der Waals surface area contributed by atoms with Crippen molar-refractivity contribution >= 4 is 28.5 Å². The van der Waals surface area contributed by atoms with Crippen LogP contribution in [0.25, 0.3) is 0 Å². The van der Waals surface area contributed by atoms with Crippen molar-refractivity contribution in [2.75, 3.05) is 13.1 Å². The Labute approximate surface area is 123 Å². The molecule has 0 N–H and O–H groups in total. The topological polar surface area (TPSA) is 20.3 Å². The number of carbonyl (C=O) groups excluding carboxylic acids is 1. The van der Waals surface area contributed by atoms with E-state index in [2.05, 4.69) is 36.4 Å². The van der Waals surface area contributed by atoms with E-state index in [4.69, 9.17) is 0 Å². The molecule has 0 aliphatic carbocycles. The normalized spacial score (nSPS) is 19.6. The molecule has 0 radical (unpaired) electrons. The lowest BCUT2D eigenvalue weighted by Gasteiger charge is -2.18. The summed E-state index contributed by atoms with van der Waals surface area (Å²) < 4.78 is 1.05. The van der Waals surface area contributed by atoms with Crippen LogP contribution in [0.2, 0.25) is 0 Å². The number of rotatable bonds is 3. The van der Waals surface area contributed by atoms with Gasteiger partial charge in [0.25, 0.3) is 5.91 Å². The number of halogens is 1. The van der Waals surface area contributed by atoms with E-state index in [1.807, 2.05) is 29.2 Å². The van der Waals surface area contributed by atoms with Crippen molar-refractivity contribution in [1.29, 1.82) is 0 Å². The molecule has 2 nitrogen and oxygen atoms in total. The van der Waals surface area contributed by atoms with E-state index < -0.39 is 0 Å². The first-order valence-corrected chi connectivity index (χ1v) is 7.69. The van der Waals surface area contributed by atoms with Crippen molar-refractivity contribution in [3.05, 3.63) is 33.4 Å². The average Bonchev–Trinajstić information content (AvgIpc) is 2.76. The zero-order valence-electron chi connectivity index (χ0n) is 11.0. The SMILES string of the molecule is CC(C)CC1CCN(C(=O)c2ccccc2I)C1. The molecule has 98 valence electrons. The molecular formula is C15H20INO. The van der Waals surface area contributed by atoms with Crippen LogP contribution in [0.15, 0.2) is 24.3 Å². The van der Waals surface area contributed by atoms with Crippen LogP contribution in [0.3, 0.4) is 0 Å². The molecule has 1 fully saturated rings. The van der Waals surface area contributed by atoms with Crippen LogP contribution in [0, 0.1) is 15.4 Å². The van der Waals surface area contributed by atoms with Gasteiger partial charge in [-0.05, 0) is 59.4 Å². The number of amides is 1. The Hall–Kier alpha value is -0.580. The molecule has 1 saturated heterocycles. The third-order valence-electron chi connectivity index (χ3n) is 3.48. The molecule has 1 amide bonds. The monoisotopic (exact) mass is 357 g/mol. The average molecular weight is 357 g/mol. The number of benzene rings is 1. The lowest BCUT2D eigenvalue weighted by molar-refractivity contribution is 0.0784. The first-order valence-electron chi connectivity index (χ1n) is 6.61. The molecule has 18 heavy (non-hydrogen) atoms. The standard InChI is InChI=1S/C15H20INO/c1-11(2)9-12-7-8-17(10-12)15(18)13-5-3-4-6-14(13)16/h3-6,11-12H,7-10H2,1-2H3. The van der Waals surface area contributed by atoms with Crippen LogP contribution in [0.5, 0.6) is 0 Å². The molecule has 3 heteroatoms. The largest absolute Gasteiger partial charge is 0.338 e. The fraction of sp³-hybridized carbons (Fsp3) is 0.533. The highest BCUT2D eigenvalue weighted by Gasteiger charge is 2.27. The van der Waals surface area contributed by atoms with Crippen LogP contribution in [0.4, 0.5) is 0 Å². The maximum absolute atomic E-state index is 12.4. The number of hydrogen-bond acceptors (Lipinski definition) is 1. The van der Waals surface area contributed by atoms with Crippen molar-refractivity contribution < 1.29 is 4.79 Å². The molecule has 1 aliphatic rings. The molecule has 0 aromatic heterocycles. The molecule has 1 atom stereocenters. The van der Waals surface area contributed by atoms with Gasteiger partial charge in [-0.2, -0.15) is 0 Å². The number of carbonyl (C=O) groups is 1. The molecule has 1 aliphatic heterocycles. The van der Waals surface area contributed by atoms with E-state index in [0.29, 0.717) is 5.92 Å². The summed E-state index contributed by atoms with van der Waals surface area (Å²) in [7, 11) is 0. The van der Waals surface area contributed by atoms with Crippen molar-refractivity contribution in [1.82, 2.24) is 4.90 Å².